The quantitative estimate of drug-likeness (QED) is 0.467. The number of carboxylic acid groups (broad SMARTS) is 1. The Balaban J connectivity index is 2.17. The van der Waals surface area contributed by atoms with E-state index >= 15 is 0 Å². The summed E-state index contributed by atoms with van der Waals surface area (Å²) < 4.78 is 0. The molecule has 162 valence electrons. The van der Waals surface area contributed by atoms with Gasteiger partial charge >= 0.3 is 5.97 Å². The molecule has 30 heavy (non-hydrogen) atoms. The summed E-state index contributed by atoms with van der Waals surface area (Å²) in [5.41, 5.74) is 16.5. The molecule has 7 heteroatoms. The van der Waals surface area contributed by atoms with Crippen LogP contribution in [-0.2, 0) is 45.8 Å². The van der Waals surface area contributed by atoms with Crippen LogP contribution in [0, 0.1) is 0 Å². The average molecular weight is 414 g/mol. The van der Waals surface area contributed by atoms with Gasteiger partial charge in [-0.3, -0.25) is 4.79 Å². The van der Waals surface area contributed by atoms with Gasteiger partial charge in [0.25, 0.3) is 0 Å². The molecule has 5 N–H and O–H groups in total. The van der Waals surface area contributed by atoms with Gasteiger partial charge in [-0.25, -0.2) is 0 Å². The number of fused-ring (bicyclic) bond motifs is 2. The molecular formula is C23H31N3O4. The fraction of sp³-hybridized carbons (Fsp3) is 0.435. The molecular weight excluding hydrogens is 382 g/mol. The zero-order chi connectivity index (χ0) is 21.7. The highest BCUT2D eigenvalue weighted by atomic mass is 16.6. The predicted octanol–water partition coefficient (Wildman–Crippen LogP) is 2.20. The van der Waals surface area contributed by atoms with E-state index in [1.165, 1.54) is 0 Å². The third-order valence-corrected chi connectivity index (χ3v) is 5.76. The van der Waals surface area contributed by atoms with Crippen molar-refractivity contribution in [2.24, 2.45) is 5.73 Å². The highest BCUT2D eigenvalue weighted by Gasteiger charge is 2.46. The minimum absolute atomic E-state index is 0.274. The highest BCUT2D eigenvalue weighted by molar-refractivity contribution is 5.88. The maximum atomic E-state index is 12.9. The van der Waals surface area contributed by atoms with E-state index in [4.69, 9.17) is 15.4 Å². The molecule has 0 amide bonds. The van der Waals surface area contributed by atoms with E-state index in [2.05, 4.69) is 23.1 Å². The van der Waals surface area contributed by atoms with E-state index in [-0.39, 0.29) is 6.04 Å². The first kappa shape index (κ1) is 22.4. The molecule has 1 aliphatic rings. The molecule has 0 aromatic heterocycles. The van der Waals surface area contributed by atoms with Crippen LogP contribution in [0.4, 0.5) is 0 Å². The lowest BCUT2D eigenvalue weighted by Crippen LogP contribution is -2.42. The summed E-state index contributed by atoms with van der Waals surface area (Å²) >= 11 is 0. The third-order valence-electron chi connectivity index (χ3n) is 5.76. The van der Waals surface area contributed by atoms with Gasteiger partial charge in [-0.05, 0) is 59.6 Å². The van der Waals surface area contributed by atoms with Gasteiger partial charge in [0, 0.05) is 19.1 Å². The number of nitrogens with one attached hydrogen (secondary N) is 2. The molecule has 0 saturated carbocycles. The van der Waals surface area contributed by atoms with Crippen LogP contribution in [0.15, 0.2) is 36.4 Å². The molecule has 0 heterocycles. The van der Waals surface area contributed by atoms with Crippen LogP contribution in [0.3, 0.4) is 0 Å². The third kappa shape index (κ3) is 4.40. The normalized spacial score (nSPS) is 15.7. The minimum Gasteiger partial charge on any atom is -0.480 e. The standard InChI is InChI=1S/C23H31N3O4/c1-15(24)12-23(22(27)28)20-8-4-16(13-25-29-2)10-18(20)6-7-19-11-17(14-26-30-3)5-9-21(19)23/h4-5,8-11,15,25-26H,6-7,12-14,24H2,1-3H3,(H,27,28)/t15-/m1/s1. The Hall–Kier alpha value is -2.29. The van der Waals surface area contributed by atoms with Crippen molar-refractivity contribution in [1.29, 1.82) is 0 Å². The van der Waals surface area contributed by atoms with Gasteiger partial charge in [0.2, 0.25) is 0 Å². The van der Waals surface area contributed by atoms with Crippen LogP contribution >= 0.6 is 0 Å². The van der Waals surface area contributed by atoms with E-state index in [0.29, 0.717) is 19.5 Å². The molecule has 0 unspecified atom stereocenters. The summed E-state index contributed by atoms with van der Waals surface area (Å²) in [7, 11) is 3.16. The first-order valence-corrected chi connectivity index (χ1v) is 10.2. The Bertz CT molecular complexity index is 839. The highest BCUT2D eigenvalue weighted by Crippen LogP contribution is 2.43. The Kier molecular flexibility index (Phi) is 7.23. The Morgan fingerprint density at radius 1 is 1.03 bits per heavy atom. The van der Waals surface area contributed by atoms with Crippen molar-refractivity contribution in [3.63, 3.8) is 0 Å². The van der Waals surface area contributed by atoms with Gasteiger partial charge in [-0.1, -0.05) is 36.4 Å². The van der Waals surface area contributed by atoms with E-state index in [0.717, 1.165) is 46.2 Å². The molecule has 0 saturated heterocycles. The molecule has 0 aliphatic heterocycles. The molecule has 2 aromatic carbocycles. The Labute approximate surface area is 177 Å². The van der Waals surface area contributed by atoms with Crippen LogP contribution < -0.4 is 16.7 Å². The van der Waals surface area contributed by atoms with Crippen molar-refractivity contribution < 1.29 is 19.6 Å². The summed E-state index contributed by atoms with van der Waals surface area (Å²) in [6, 6.07) is 11.7. The summed E-state index contributed by atoms with van der Waals surface area (Å²) in [5.74, 6) is -0.866. The average Bonchev–Trinajstić information content (AvgIpc) is 2.85. The lowest BCUT2D eigenvalue weighted by atomic mass is 9.68. The summed E-state index contributed by atoms with van der Waals surface area (Å²) in [6.45, 7) is 2.97. The van der Waals surface area contributed by atoms with Crippen LogP contribution in [0.25, 0.3) is 0 Å². The number of hydrogen-bond donors (Lipinski definition) is 4. The summed E-state index contributed by atoms with van der Waals surface area (Å²) in [6.07, 6.45) is 1.85. The fourth-order valence-electron chi connectivity index (χ4n) is 4.51. The van der Waals surface area contributed by atoms with E-state index < -0.39 is 11.4 Å². The second-order valence-electron chi connectivity index (χ2n) is 7.93. The molecule has 1 aliphatic carbocycles. The Morgan fingerprint density at radius 3 is 1.87 bits per heavy atom. The number of carboxylic acids is 1. The van der Waals surface area contributed by atoms with Gasteiger partial charge in [0.15, 0.2) is 0 Å². The minimum atomic E-state index is -1.18. The molecule has 1 atom stereocenters. The van der Waals surface area contributed by atoms with Crippen LogP contribution in [0.2, 0.25) is 0 Å². The summed E-state index contributed by atoms with van der Waals surface area (Å²) in [4.78, 5) is 22.8. The van der Waals surface area contributed by atoms with Crippen molar-refractivity contribution in [1.82, 2.24) is 11.0 Å². The van der Waals surface area contributed by atoms with Crippen molar-refractivity contribution in [3.8, 4) is 0 Å². The first-order valence-electron chi connectivity index (χ1n) is 10.2. The summed E-state index contributed by atoms with van der Waals surface area (Å²) in [5, 5.41) is 10.6. The molecule has 3 rings (SSSR count). The molecule has 0 radical (unpaired) electrons. The molecule has 0 bridgehead atoms. The number of hydrogen-bond acceptors (Lipinski definition) is 6. The first-order chi connectivity index (χ1) is 14.4. The lowest BCUT2D eigenvalue weighted by molar-refractivity contribution is -0.142. The lowest BCUT2D eigenvalue weighted by Gasteiger charge is -2.34. The van der Waals surface area contributed by atoms with Gasteiger partial charge in [-0.15, -0.1) is 0 Å². The SMILES string of the molecule is CONCc1ccc2c(c1)CCc1cc(CNOC)ccc1C2(C[C@@H](C)N)C(=O)O. The van der Waals surface area contributed by atoms with Gasteiger partial charge < -0.3 is 20.5 Å². The number of rotatable bonds is 9. The van der Waals surface area contributed by atoms with Gasteiger partial charge in [0.1, 0.15) is 5.41 Å². The number of carbonyl (C=O) groups is 1. The van der Waals surface area contributed by atoms with Crippen molar-refractivity contribution in [2.75, 3.05) is 14.2 Å². The second kappa shape index (κ2) is 9.68. The molecule has 7 nitrogen and oxygen atoms in total. The van der Waals surface area contributed by atoms with E-state index in [1.807, 2.05) is 31.2 Å². The smallest absolute Gasteiger partial charge is 0.318 e. The predicted molar refractivity (Wildman–Crippen MR) is 115 cm³/mol. The second-order valence-corrected chi connectivity index (χ2v) is 7.93. The zero-order valence-electron chi connectivity index (χ0n) is 17.8. The van der Waals surface area contributed by atoms with Crippen LogP contribution in [0.5, 0.6) is 0 Å². The molecule has 2 aromatic rings. The maximum absolute atomic E-state index is 12.9. The van der Waals surface area contributed by atoms with Gasteiger partial charge in [-0.2, -0.15) is 11.0 Å². The maximum Gasteiger partial charge on any atom is 0.318 e. The van der Waals surface area contributed by atoms with Gasteiger partial charge in [0.05, 0.1) is 14.2 Å². The van der Waals surface area contributed by atoms with Crippen LogP contribution in [-0.4, -0.2) is 31.3 Å². The number of aryl methyl sites for hydroxylation is 2. The molecule has 0 fully saturated rings. The fourth-order valence-corrected chi connectivity index (χ4v) is 4.51. The largest absolute Gasteiger partial charge is 0.480 e. The van der Waals surface area contributed by atoms with Crippen molar-refractivity contribution in [2.45, 2.75) is 50.7 Å². The number of aliphatic carboxylic acids is 1. The topological polar surface area (TPSA) is 106 Å². The van der Waals surface area contributed by atoms with E-state index in [1.54, 1.807) is 14.2 Å². The molecule has 0 spiro atoms. The number of hydroxylamine groups is 2. The van der Waals surface area contributed by atoms with E-state index in [9.17, 15) is 9.90 Å². The van der Waals surface area contributed by atoms with Crippen molar-refractivity contribution in [3.05, 3.63) is 69.8 Å². The van der Waals surface area contributed by atoms with Crippen LogP contribution in [0.1, 0.15) is 46.7 Å². The van der Waals surface area contributed by atoms with Crippen molar-refractivity contribution >= 4 is 5.97 Å². The zero-order valence-corrected chi connectivity index (χ0v) is 17.8. The number of nitrogens with two attached hydrogens (primary N) is 1. The number of benzene rings is 2. The monoisotopic (exact) mass is 413 g/mol. The Morgan fingerprint density at radius 2 is 1.50 bits per heavy atom.